The number of carbonyl (C=O) groups is 3. The molecule has 28 heavy (non-hydrogen) atoms. The summed E-state index contributed by atoms with van der Waals surface area (Å²) in [5, 5.41) is 5.68. The number of carbonyl (C=O) groups excluding carboxylic acids is 3. The lowest BCUT2D eigenvalue weighted by Crippen LogP contribution is -2.43. The van der Waals surface area contributed by atoms with Crippen LogP contribution >= 0.6 is 0 Å². The zero-order valence-electron chi connectivity index (χ0n) is 15.7. The zero-order valence-corrected chi connectivity index (χ0v) is 15.7. The molecule has 7 heteroatoms. The third-order valence-corrected chi connectivity index (χ3v) is 4.94. The van der Waals surface area contributed by atoms with E-state index in [-0.39, 0.29) is 36.6 Å². The molecule has 1 fully saturated rings. The van der Waals surface area contributed by atoms with Gasteiger partial charge >= 0.3 is 0 Å². The van der Waals surface area contributed by atoms with Gasteiger partial charge in [0.2, 0.25) is 11.8 Å². The first-order chi connectivity index (χ1) is 13.6. The van der Waals surface area contributed by atoms with Gasteiger partial charge in [0.15, 0.2) is 0 Å². The molecule has 0 atom stereocenters. The molecule has 0 unspecified atom stereocenters. The van der Waals surface area contributed by atoms with E-state index in [2.05, 4.69) is 10.6 Å². The summed E-state index contributed by atoms with van der Waals surface area (Å²) in [6.45, 7) is 1.94. The van der Waals surface area contributed by atoms with E-state index >= 15 is 0 Å². The van der Waals surface area contributed by atoms with Crippen LogP contribution < -0.4 is 10.6 Å². The van der Waals surface area contributed by atoms with Gasteiger partial charge in [-0.3, -0.25) is 14.4 Å². The topological polar surface area (TPSA) is 91.7 Å². The first kappa shape index (κ1) is 19.7. The number of benzene rings is 1. The molecular formula is C21H25N3O4. The highest BCUT2D eigenvalue weighted by atomic mass is 16.3. The lowest BCUT2D eigenvalue weighted by molar-refractivity contribution is -0.135. The van der Waals surface area contributed by atoms with Gasteiger partial charge in [0.05, 0.1) is 11.8 Å². The Balaban J connectivity index is 1.34. The minimum atomic E-state index is -0.254. The van der Waals surface area contributed by atoms with Crippen LogP contribution in [0.1, 0.15) is 35.2 Å². The molecule has 1 aliphatic rings. The first-order valence-electron chi connectivity index (χ1n) is 9.53. The molecule has 2 aromatic rings. The third kappa shape index (κ3) is 5.45. The van der Waals surface area contributed by atoms with Crippen LogP contribution in [0.15, 0.2) is 53.3 Å². The summed E-state index contributed by atoms with van der Waals surface area (Å²) in [4.78, 5) is 38.2. The molecule has 2 heterocycles. The Hall–Kier alpha value is -3.09. The van der Waals surface area contributed by atoms with Crippen LogP contribution in [0.3, 0.4) is 0 Å². The molecule has 148 valence electrons. The van der Waals surface area contributed by atoms with Gasteiger partial charge < -0.3 is 20.0 Å². The molecule has 1 saturated heterocycles. The molecule has 7 nitrogen and oxygen atoms in total. The fourth-order valence-electron chi connectivity index (χ4n) is 3.26. The second-order valence-corrected chi connectivity index (χ2v) is 6.88. The summed E-state index contributed by atoms with van der Waals surface area (Å²) in [6, 6.07) is 11.4. The molecule has 3 rings (SSSR count). The molecule has 2 N–H and O–H groups in total. The molecule has 1 aliphatic heterocycles. The van der Waals surface area contributed by atoms with Crippen LogP contribution in [0, 0.1) is 5.92 Å². The highest BCUT2D eigenvalue weighted by Gasteiger charge is 2.27. The maximum atomic E-state index is 12.3. The molecule has 1 aromatic heterocycles. The smallest absolute Gasteiger partial charge is 0.254 e. The second-order valence-electron chi connectivity index (χ2n) is 6.88. The fraction of sp³-hybridized carbons (Fsp3) is 0.381. The number of nitrogens with one attached hydrogen (secondary N) is 2. The molecule has 1 aromatic carbocycles. The number of rotatable bonds is 7. The van der Waals surface area contributed by atoms with Crippen molar-refractivity contribution in [2.75, 3.05) is 19.6 Å². The minimum absolute atomic E-state index is 0.00404. The van der Waals surface area contributed by atoms with Crippen molar-refractivity contribution in [2.45, 2.75) is 25.8 Å². The van der Waals surface area contributed by atoms with Gasteiger partial charge in [0.1, 0.15) is 6.26 Å². The molecular weight excluding hydrogens is 358 g/mol. The van der Waals surface area contributed by atoms with Gasteiger partial charge in [-0.2, -0.15) is 0 Å². The van der Waals surface area contributed by atoms with Crippen LogP contribution in [-0.4, -0.2) is 42.3 Å². The van der Waals surface area contributed by atoms with Gasteiger partial charge in [0.25, 0.3) is 5.91 Å². The Kier molecular flexibility index (Phi) is 6.84. The van der Waals surface area contributed by atoms with Crippen molar-refractivity contribution in [3.8, 4) is 0 Å². The molecule has 0 bridgehead atoms. The monoisotopic (exact) mass is 383 g/mol. The largest absolute Gasteiger partial charge is 0.472 e. The quantitative estimate of drug-likeness (QED) is 0.765. The van der Waals surface area contributed by atoms with E-state index in [0.29, 0.717) is 38.0 Å². The Labute approximate surface area is 164 Å². The summed E-state index contributed by atoms with van der Waals surface area (Å²) in [6.07, 6.45) is 4.36. The standard InChI is InChI=1S/C21H25N3O4/c25-19(6-10-22-21(27)18-9-13-28-15-18)24-11-7-17(8-12-24)20(26)23-14-16-4-2-1-3-5-16/h1-5,9,13,15,17H,6-8,10-12,14H2,(H,22,27)(H,23,26). The van der Waals surface area contributed by atoms with Crippen molar-refractivity contribution in [2.24, 2.45) is 5.92 Å². The summed E-state index contributed by atoms with van der Waals surface area (Å²) in [7, 11) is 0. The van der Waals surface area contributed by atoms with Gasteiger partial charge in [-0.25, -0.2) is 0 Å². The van der Waals surface area contributed by atoms with Crippen molar-refractivity contribution in [1.29, 1.82) is 0 Å². The van der Waals surface area contributed by atoms with Crippen LogP contribution in [0.2, 0.25) is 0 Å². The first-order valence-corrected chi connectivity index (χ1v) is 9.53. The maximum Gasteiger partial charge on any atom is 0.254 e. The van der Waals surface area contributed by atoms with Crippen molar-refractivity contribution < 1.29 is 18.8 Å². The maximum absolute atomic E-state index is 12.3. The van der Waals surface area contributed by atoms with E-state index in [9.17, 15) is 14.4 Å². The molecule has 3 amide bonds. The predicted octanol–water partition coefficient (Wildman–Crippen LogP) is 1.95. The van der Waals surface area contributed by atoms with E-state index in [1.807, 2.05) is 30.3 Å². The number of piperidine rings is 1. The summed E-state index contributed by atoms with van der Waals surface area (Å²) in [5.74, 6) is -0.275. The SMILES string of the molecule is O=C(NCCC(=O)N1CCC(C(=O)NCc2ccccc2)CC1)c1ccoc1. The van der Waals surface area contributed by atoms with Gasteiger partial charge in [-0.15, -0.1) is 0 Å². The normalized spacial score (nSPS) is 14.5. The van der Waals surface area contributed by atoms with Crippen molar-refractivity contribution in [3.63, 3.8) is 0 Å². The molecule has 0 aliphatic carbocycles. The van der Waals surface area contributed by atoms with E-state index in [1.54, 1.807) is 11.0 Å². The van der Waals surface area contributed by atoms with Crippen LogP contribution in [0.25, 0.3) is 0 Å². The van der Waals surface area contributed by atoms with Crippen molar-refractivity contribution in [1.82, 2.24) is 15.5 Å². The van der Waals surface area contributed by atoms with Crippen LogP contribution in [0.4, 0.5) is 0 Å². The third-order valence-electron chi connectivity index (χ3n) is 4.94. The van der Waals surface area contributed by atoms with Gasteiger partial charge in [-0.1, -0.05) is 30.3 Å². The lowest BCUT2D eigenvalue weighted by atomic mass is 9.95. The van der Waals surface area contributed by atoms with Gasteiger partial charge in [0, 0.05) is 38.5 Å². The van der Waals surface area contributed by atoms with Gasteiger partial charge in [-0.05, 0) is 24.5 Å². The Morgan fingerprint density at radius 2 is 1.79 bits per heavy atom. The zero-order chi connectivity index (χ0) is 19.8. The number of hydrogen-bond acceptors (Lipinski definition) is 4. The predicted molar refractivity (Wildman–Crippen MR) is 103 cm³/mol. The number of likely N-dealkylation sites (tertiary alicyclic amines) is 1. The average Bonchev–Trinajstić information content (AvgIpc) is 3.28. The summed E-state index contributed by atoms with van der Waals surface area (Å²) in [5.41, 5.74) is 1.51. The van der Waals surface area contributed by atoms with Crippen LogP contribution in [0.5, 0.6) is 0 Å². The molecule has 0 saturated carbocycles. The highest BCUT2D eigenvalue weighted by molar-refractivity contribution is 5.94. The Morgan fingerprint density at radius 3 is 2.46 bits per heavy atom. The number of hydrogen-bond donors (Lipinski definition) is 2. The molecule has 0 radical (unpaired) electrons. The van der Waals surface area contributed by atoms with Crippen molar-refractivity contribution in [3.05, 3.63) is 60.1 Å². The van der Waals surface area contributed by atoms with Crippen molar-refractivity contribution >= 4 is 17.7 Å². The number of amides is 3. The minimum Gasteiger partial charge on any atom is -0.472 e. The van der Waals surface area contributed by atoms with E-state index in [4.69, 9.17) is 4.42 Å². The fourth-order valence-corrected chi connectivity index (χ4v) is 3.26. The highest BCUT2D eigenvalue weighted by Crippen LogP contribution is 2.18. The second kappa shape index (κ2) is 9.73. The van der Waals surface area contributed by atoms with E-state index in [0.717, 1.165) is 5.56 Å². The summed E-state index contributed by atoms with van der Waals surface area (Å²) < 4.78 is 4.86. The number of furan rings is 1. The van der Waals surface area contributed by atoms with Crippen LogP contribution in [-0.2, 0) is 16.1 Å². The Bertz CT molecular complexity index is 781. The molecule has 0 spiro atoms. The lowest BCUT2D eigenvalue weighted by Gasteiger charge is -2.31. The van der Waals surface area contributed by atoms with E-state index < -0.39 is 0 Å². The van der Waals surface area contributed by atoms with E-state index in [1.165, 1.54) is 12.5 Å². The Morgan fingerprint density at radius 1 is 1.04 bits per heavy atom. The number of nitrogens with zero attached hydrogens (tertiary/aromatic N) is 1. The summed E-state index contributed by atoms with van der Waals surface area (Å²) >= 11 is 0. The average molecular weight is 383 g/mol.